The molecular formula is C19H16BrN5O5. The first kappa shape index (κ1) is 21.0. The molecule has 0 saturated heterocycles. The van der Waals surface area contributed by atoms with Gasteiger partial charge in [-0.1, -0.05) is 28.1 Å². The van der Waals surface area contributed by atoms with E-state index in [9.17, 15) is 20.0 Å². The molecule has 30 heavy (non-hydrogen) atoms. The molecule has 0 unspecified atom stereocenters. The molecule has 1 aromatic heterocycles. The second kappa shape index (κ2) is 9.18. The van der Waals surface area contributed by atoms with Crippen LogP contribution in [0.1, 0.15) is 21.6 Å². The number of carbonyl (C=O) groups excluding carboxylic acids is 1. The number of hydrogen-bond acceptors (Lipinski definition) is 7. The summed E-state index contributed by atoms with van der Waals surface area (Å²) in [6.07, 6.45) is 2.51. The summed E-state index contributed by atoms with van der Waals surface area (Å²) in [6.45, 7) is 0.262. The summed E-state index contributed by atoms with van der Waals surface area (Å²) in [5, 5.41) is 28.7. The number of phenolic OH excluding ortho intramolecular Hbond substituents is 1. The topological polar surface area (TPSA) is 132 Å². The SMILES string of the molecule is COc1cc(C=NNC(=O)c2nn(Cc3ccc(Br)cc3)cc2[N+](=O)[O-])ccc1O. The zero-order valence-electron chi connectivity index (χ0n) is 15.7. The van der Waals surface area contributed by atoms with Crippen molar-refractivity contribution in [3.63, 3.8) is 0 Å². The molecule has 0 fully saturated rings. The minimum absolute atomic E-state index is 0.0365. The van der Waals surface area contributed by atoms with Crippen molar-refractivity contribution in [1.82, 2.24) is 15.2 Å². The Kier molecular flexibility index (Phi) is 6.42. The van der Waals surface area contributed by atoms with Crippen LogP contribution in [0.25, 0.3) is 0 Å². The predicted molar refractivity (Wildman–Crippen MR) is 112 cm³/mol. The van der Waals surface area contributed by atoms with Gasteiger partial charge in [-0.2, -0.15) is 10.2 Å². The molecule has 11 heteroatoms. The highest BCUT2D eigenvalue weighted by Crippen LogP contribution is 2.25. The smallest absolute Gasteiger partial charge is 0.320 e. The van der Waals surface area contributed by atoms with Gasteiger partial charge in [-0.15, -0.1) is 0 Å². The summed E-state index contributed by atoms with van der Waals surface area (Å²) >= 11 is 3.34. The van der Waals surface area contributed by atoms with Crippen LogP contribution in [0.5, 0.6) is 11.5 Å². The number of aromatic hydroxyl groups is 1. The summed E-state index contributed by atoms with van der Waals surface area (Å²) in [5.74, 6) is -0.614. The maximum atomic E-state index is 12.4. The molecule has 2 aromatic carbocycles. The molecular weight excluding hydrogens is 458 g/mol. The maximum absolute atomic E-state index is 12.4. The van der Waals surface area contributed by atoms with Gasteiger partial charge in [0.25, 0.3) is 5.91 Å². The number of carbonyl (C=O) groups is 1. The van der Waals surface area contributed by atoms with Gasteiger partial charge >= 0.3 is 5.69 Å². The third-order valence-electron chi connectivity index (χ3n) is 4.00. The quantitative estimate of drug-likeness (QED) is 0.307. The molecule has 1 amide bonds. The van der Waals surface area contributed by atoms with E-state index >= 15 is 0 Å². The number of halogens is 1. The Morgan fingerprint density at radius 3 is 2.77 bits per heavy atom. The van der Waals surface area contributed by atoms with E-state index in [0.29, 0.717) is 5.56 Å². The van der Waals surface area contributed by atoms with Crippen LogP contribution in [-0.2, 0) is 6.54 Å². The highest BCUT2D eigenvalue weighted by Gasteiger charge is 2.25. The third kappa shape index (κ3) is 5.00. The molecule has 0 bridgehead atoms. The van der Waals surface area contributed by atoms with Gasteiger partial charge in [0.1, 0.15) is 6.20 Å². The monoisotopic (exact) mass is 473 g/mol. The standard InChI is InChI=1S/C19H16BrN5O5/c1-30-17-8-13(4-7-16(17)26)9-21-22-19(27)18-15(25(28)29)11-24(23-18)10-12-2-5-14(20)6-3-12/h2-9,11,26H,10H2,1H3,(H,22,27). The van der Waals surface area contributed by atoms with Crippen molar-refractivity contribution in [3.05, 3.63) is 80.1 Å². The fourth-order valence-electron chi connectivity index (χ4n) is 2.56. The number of benzene rings is 2. The Labute approximate surface area is 179 Å². The molecule has 1 heterocycles. The molecule has 0 aliphatic rings. The Balaban J connectivity index is 1.75. The lowest BCUT2D eigenvalue weighted by Crippen LogP contribution is -2.19. The largest absolute Gasteiger partial charge is 0.504 e. The minimum Gasteiger partial charge on any atom is -0.504 e. The summed E-state index contributed by atoms with van der Waals surface area (Å²) in [4.78, 5) is 23.0. The van der Waals surface area contributed by atoms with Crippen LogP contribution in [-0.4, -0.2) is 39.0 Å². The van der Waals surface area contributed by atoms with E-state index in [1.807, 2.05) is 24.3 Å². The van der Waals surface area contributed by atoms with Crippen molar-refractivity contribution in [2.75, 3.05) is 7.11 Å². The molecule has 3 rings (SSSR count). The van der Waals surface area contributed by atoms with E-state index in [4.69, 9.17) is 4.74 Å². The van der Waals surface area contributed by atoms with Gasteiger partial charge in [0.15, 0.2) is 11.5 Å². The number of methoxy groups -OCH3 is 1. The number of nitrogens with one attached hydrogen (secondary N) is 1. The predicted octanol–water partition coefficient (Wildman–Crippen LogP) is 3.08. The second-order valence-electron chi connectivity index (χ2n) is 6.07. The van der Waals surface area contributed by atoms with E-state index in [1.165, 1.54) is 36.3 Å². The summed E-state index contributed by atoms with van der Waals surface area (Å²) in [6, 6.07) is 11.9. The fourth-order valence-corrected chi connectivity index (χ4v) is 2.82. The Morgan fingerprint density at radius 1 is 1.37 bits per heavy atom. The number of rotatable bonds is 7. The van der Waals surface area contributed by atoms with E-state index in [0.717, 1.165) is 10.0 Å². The number of aromatic nitrogens is 2. The van der Waals surface area contributed by atoms with Crippen molar-refractivity contribution < 1.29 is 19.6 Å². The molecule has 3 aromatic rings. The normalized spacial score (nSPS) is 10.9. The summed E-state index contributed by atoms with van der Waals surface area (Å²) in [5.41, 5.74) is 2.85. The van der Waals surface area contributed by atoms with Crippen LogP contribution < -0.4 is 10.2 Å². The van der Waals surface area contributed by atoms with Gasteiger partial charge in [-0.05, 0) is 41.5 Å². The van der Waals surface area contributed by atoms with E-state index < -0.39 is 16.5 Å². The van der Waals surface area contributed by atoms with Crippen LogP contribution in [0.2, 0.25) is 0 Å². The molecule has 154 valence electrons. The van der Waals surface area contributed by atoms with Crippen LogP contribution >= 0.6 is 15.9 Å². The van der Waals surface area contributed by atoms with E-state index in [2.05, 4.69) is 31.6 Å². The van der Waals surface area contributed by atoms with Crippen molar-refractivity contribution in [1.29, 1.82) is 0 Å². The second-order valence-corrected chi connectivity index (χ2v) is 6.99. The maximum Gasteiger partial charge on any atom is 0.320 e. The number of hydrogen-bond donors (Lipinski definition) is 2. The third-order valence-corrected chi connectivity index (χ3v) is 4.52. The van der Waals surface area contributed by atoms with Crippen LogP contribution in [0.4, 0.5) is 5.69 Å². The lowest BCUT2D eigenvalue weighted by atomic mass is 10.2. The van der Waals surface area contributed by atoms with Crippen LogP contribution in [0.3, 0.4) is 0 Å². The van der Waals surface area contributed by atoms with Crippen molar-refractivity contribution >= 4 is 33.7 Å². The van der Waals surface area contributed by atoms with Crippen molar-refractivity contribution in [2.45, 2.75) is 6.54 Å². The minimum atomic E-state index is -0.821. The van der Waals surface area contributed by atoms with E-state index in [-0.39, 0.29) is 23.7 Å². The highest BCUT2D eigenvalue weighted by atomic mass is 79.9. The van der Waals surface area contributed by atoms with Crippen LogP contribution in [0.15, 0.2) is 58.2 Å². The Hall–Kier alpha value is -3.73. The van der Waals surface area contributed by atoms with Gasteiger partial charge in [0, 0.05) is 4.47 Å². The molecule has 2 N–H and O–H groups in total. The molecule has 0 atom stereocenters. The molecule has 10 nitrogen and oxygen atoms in total. The zero-order chi connectivity index (χ0) is 21.7. The molecule has 0 radical (unpaired) electrons. The number of ether oxygens (including phenoxy) is 1. The number of phenols is 1. The number of nitrogens with zero attached hydrogens (tertiary/aromatic N) is 4. The average Bonchev–Trinajstić information content (AvgIpc) is 3.15. The van der Waals surface area contributed by atoms with Gasteiger partial charge < -0.3 is 9.84 Å². The number of amides is 1. The van der Waals surface area contributed by atoms with Crippen molar-refractivity contribution in [2.24, 2.45) is 5.10 Å². The van der Waals surface area contributed by atoms with Crippen molar-refractivity contribution in [3.8, 4) is 11.5 Å². The van der Waals surface area contributed by atoms with Gasteiger partial charge in [0.05, 0.1) is 24.8 Å². The highest BCUT2D eigenvalue weighted by molar-refractivity contribution is 9.10. The molecule has 0 aliphatic heterocycles. The zero-order valence-corrected chi connectivity index (χ0v) is 17.2. The molecule has 0 spiro atoms. The first-order valence-electron chi connectivity index (χ1n) is 8.54. The Bertz CT molecular complexity index is 1110. The first-order valence-corrected chi connectivity index (χ1v) is 9.33. The lowest BCUT2D eigenvalue weighted by Gasteiger charge is -2.03. The fraction of sp³-hybridized carbons (Fsp3) is 0.105. The molecule has 0 aliphatic carbocycles. The number of hydrazone groups is 1. The van der Waals surface area contributed by atoms with Gasteiger partial charge in [0.2, 0.25) is 5.69 Å². The average molecular weight is 474 g/mol. The lowest BCUT2D eigenvalue weighted by molar-refractivity contribution is -0.385. The Morgan fingerprint density at radius 2 is 2.10 bits per heavy atom. The van der Waals surface area contributed by atoms with Gasteiger partial charge in [-0.3, -0.25) is 19.6 Å². The molecule has 0 saturated carbocycles. The van der Waals surface area contributed by atoms with Gasteiger partial charge in [-0.25, -0.2) is 5.43 Å². The summed E-state index contributed by atoms with van der Waals surface area (Å²) < 4.78 is 7.22. The number of nitro groups is 1. The van der Waals surface area contributed by atoms with E-state index in [1.54, 1.807) is 6.07 Å². The summed E-state index contributed by atoms with van der Waals surface area (Å²) in [7, 11) is 1.40. The first-order chi connectivity index (χ1) is 14.4. The van der Waals surface area contributed by atoms with Crippen LogP contribution in [0, 0.1) is 10.1 Å².